The molecular formula is C17H24O3. The van der Waals surface area contributed by atoms with Crippen molar-refractivity contribution in [3.63, 3.8) is 0 Å². The molecule has 1 aromatic carbocycles. The molecule has 0 bridgehead atoms. The number of hydrogen-bond donors (Lipinski definition) is 1. The summed E-state index contributed by atoms with van der Waals surface area (Å²) < 4.78 is 11.3. The van der Waals surface area contributed by atoms with Crippen LogP contribution in [0.25, 0.3) is 0 Å². The van der Waals surface area contributed by atoms with E-state index in [1.165, 1.54) is 0 Å². The smallest absolute Gasteiger partial charge is 0.135 e. The van der Waals surface area contributed by atoms with E-state index in [1.807, 2.05) is 45.9 Å². The highest BCUT2D eigenvalue weighted by Crippen LogP contribution is 2.19. The average molecular weight is 276 g/mol. The maximum atomic E-state index is 8.77. The predicted molar refractivity (Wildman–Crippen MR) is 81.0 cm³/mol. The normalized spacial score (nSPS) is 10.8. The van der Waals surface area contributed by atoms with Crippen molar-refractivity contribution >= 4 is 0 Å². The van der Waals surface area contributed by atoms with Crippen molar-refractivity contribution < 1.29 is 14.6 Å². The lowest BCUT2D eigenvalue weighted by Gasteiger charge is -2.19. The van der Waals surface area contributed by atoms with Crippen LogP contribution in [0.5, 0.6) is 5.75 Å². The van der Waals surface area contributed by atoms with Gasteiger partial charge in [-0.15, -0.1) is 0 Å². The van der Waals surface area contributed by atoms with Crippen LogP contribution in [-0.4, -0.2) is 30.5 Å². The Labute approximate surface area is 121 Å². The summed E-state index contributed by atoms with van der Waals surface area (Å²) in [5, 5.41) is 8.77. The van der Waals surface area contributed by atoms with E-state index in [4.69, 9.17) is 14.6 Å². The highest BCUT2D eigenvalue weighted by molar-refractivity contribution is 5.48. The van der Waals surface area contributed by atoms with E-state index in [2.05, 4.69) is 11.8 Å². The molecule has 1 rings (SSSR count). The first-order valence-electron chi connectivity index (χ1n) is 6.89. The number of benzene rings is 1. The van der Waals surface area contributed by atoms with Crippen LogP contribution < -0.4 is 4.74 Å². The monoisotopic (exact) mass is 276 g/mol. The maximum Gasteiger partial charge on any atom is 0.135 e. The third kappa shape index (κ3) is 6.60. The van der Waals surface area contributed by atoms with Crippen molar-refractivity contribution in [3.8, 4) is 17.6 Å². The number of ether oxygens (including phenoxy) is 2. The zero-order valence-electron chi connectivity index (χ0n) is 12.8. The molecule has 1 aromatic rings. The third-order valence-electron chi connectivity index (χ3n) is 2.47. The average Bonchev–Trinajstić information content (AvgIpc) is 2.36. The van der Waals surface area contributed by atoms with Gasteiger partial charge in [0.1, 0.15) is 12.4 Å². The van der Waals surface area contributed by atoms with Crippen molar-refractivity contribution in [2.45, 2.75) is 39.7 Å². The summed E-state index contributed by atoms with van der Waals surface area (Å²) >= 11 is 0. The molecule has 0 aliphatic rings. The summed E-state index contributed by atoms with van der Waals surface area (Å²) in [6.45, 7) is 9.19. The summed E-state index contributed by atoms with van der Waals surface area (Å²) in [7, 11) is 0. The molecule has 0 aromatic heterocycles. The highest BCUT2D eigenvalue weighted by Gasteiger charge is 2.09. The number of aryl methyl sites for hydroxylation is 1. The minimum atomic E-state index is -0.152. The zero-order chi connectivity index (χ0) is 15.0. The molecule has 0 amide bonds. The van der Waals surface area contributed by atoms with Crippen molar-refractivity contribution in [2.24, 2.45) is 0 Å². The Morgan fingerprint density at radius 2 is 1.95 bits per heavy atom. The van der Waals surface area contributed by atoms with Crippen molar-refractivity contribution in [1.29, 1.82) is 0 Å². The first-order chi connectivity index (χ1) is 9.42. The highest BCUT2D eigenvalue weighted by atomic mass is 16.5. The van der Waals surface area contributed by atoms with Gasteiger partial charge in [-0.05, 0) is 45.4 Å². The van der Waals surface area contributed by atoms with E-state index in [0.29, 0.717) is 19.6 Å². The Hall–Kier alpha value is -1.50. The molecule has 3 heteroatoms. The molecule has 0 radical (unpaired) electrons. The SMILES string of the molecule is Cc1ccc(OCCOC(C)(C)C)c(C#CCCO)c1. The third-order valence-corrected chi connectivity index (χ3v) is 2.47. The number of rotatable bonds is 5. The minimum absolute atomic E-state index is 0.0778. The molecule has 0 unspecified atom stereocenters. The van der Waals surface area contributed by atoms with Crippen LogP contribution in [0.4, 0.5) is 0 Å². The van der Waals surface area contributed by atoms with Gasteiger partial charge < -0.3 is 14.6 Å². The van der Waals surface area contributed by atoms with Gasteiger partial charge in [0.15, 0.2) is 0 Å². The van der Waals surface area contributed by atoms with Gasteiger partial charge in [0, 0.05) is 6.42 Å². The zero-order valence-corrected chi connectivity index (χ0v) is 12.8. The Kier molecular flexibility index (Phi) is 6.57. The molecule has 0 atom stereocenters. The van der Waals surface area contributed by atoms with Gasteiger partial charge in [-0.25, -0.2) is 0 Å². The number of aliphatic hydroxyl groups is 1. The first kappa shape index (κ1) is 16.6. The van der Waals surface area contributed by atoms with Crippen LogP contribution in [0.3, 0.4) is 0 Å². The van der Waals surface area contributed by atoms with Crippen molar-refractivity contribution in [2.75, 3.05) is 19.8 Å². The molecule has 110 valence electrons. The van der Waals surface area contributed by atoms with Gasteiger partial charge >= 0.3 is 0 Å². The van der Waals surface area contributed by atoms with Crippen LogP contribution in [0.15, 0.2) is 18.2 Å². The van der Waals surface area contributed by atoms with Gasteiger partial charge in [-0.1, -0.05) is 17.9 Å². The summed E-state index contributed by atoms with van der Waals surface area (Å²) in [6.07, 6.45) is 0.473. The summed E-state index contributed by atoms with van der Waals surface area (Å²) in [5.74, 6) is 6.72. The van der Waals surface area contributed by atoms with Crippen LogP contribution >= 0.6 is 0 Å². The molecular weight excluding hydrogens is 252 g/mol. The van der Waals surface area contributed by atoms with Gasteiger partial charge in [0.25, 0.3) is 0 Å². The van der Waals surface area contributed by atoms with E-state index >= 15 is 0 Å². The van der Waals surface area contributed by atoms with Gasteiger partial charge in [-0.2, -0.15) is 0 Å². The van der Waals surface area contributed by atoms with Crippen LogP contribution in [-0.2, 0) is 4.74 Å². The molecule has 0 fully saturated rings. The lowest BCUT2D eigenvalue weighted by molar-refractivity contribution is -0.0163. The van der Waals surface area contributed by atoms with Gasteiger partial charge in [0.05, 0.1) is 24.4 Å². The largest absolute Gasteiger partial charge is 0.490 e. The summed E-state index contributed by atoms with van der Waals surface area (Å²) in [4.78, 5) is 0. The minimum Gasteiger partial charge on any atom is -0.490 e. The molecule has 0 aliphatic heterocycles. The molecule has 1 N–H and O–H groups in total. The lowest BCUT2D eigenvalue weighted by atomic mass is 10.1. The molecule has 20 heavy (non-hydrogen) atoms. The summed E-state index contributed by atoms with van der Waals surface area (Å²) in [6, 6.07) is 5.91. The second-order valence-corrected chi connectivity index (χ2v) is 5.58. The van der Waals surface area contributed by atoms with E-state index in [-0.39, 0.29) is 12.2 Å². The van der Waals surface area contributed by atoms with Crippen LogP contribution in [0.2, 0.25) is 0 Å². The van der Waals surface area contributed by atoms with Crippen molar-refractivity contribution in [3.05, 3.63) is 29.3 Å². The quantitative estimate of drug-likeness (QED) is 0.664. The fourth-order valence-electron chi connectivity index (χ4n) is 1.58. The van der Waals surface area contributed by atoms with E-state index < -0.39 is 0 Å². The molecule has 0 heterocycles. The second kappa shape index (κ2) is 7.94. The number of aliphatic hydroxyl groups excluding tert-OH is 1. The van der Waals surface area contributed by atoms with Gasteiger partial charge in [-0.3, -0.25) is 0 Å². The Balaban J connectivity index is 2.63. The first-order valence-corrected chi connectivity index (χ1v) is 6.89. The lowest BCUT2D eigenvalue weighted by Crippen LogP contribution is -2.22. The van der Waals surface area contributed by atoms with Crippen LogP contribution in [0.1, 0.15) is 38.3 Å². The fourth-order valence-corrected chi connectivity index (χ4v) is 1.58. The molecule has 0 aliphatic carbocycles. The van der Waals surface area contributed by atoms with Crippen LogP contribution in [0, 0.1) is 18.8 Å². The molecule has 0 saturated heterocycles. The molecule has 0 saturated carbocycles. The Morgan fingerprint density at radius 3 is 2.60 bits per heavy atom. The fraction of sp³-hybridized carbons (Fsp3) is 0.529. The summed E-state index contributed by atoms with van der Waals surface area (Å²) in [5.41, 5.74) is 1.84. The topological polar surface area (TPSA) is 38.7 Å². The second-order valence-electron chi connectivity index (χ2n) is 5.58. The Bertz CT molecular complexity index is 475. The Morgan fingerprint density at radius 1 is 1.20 bits per heavy atom. The standard InChI is InChI=1S/C17H24O3/c1-14-8-9-16(15(13-14)7-5-6-10-18)19-11-12-20-17(2,3)4/h8-9,13,18H,6,10-12H2,1-4H3. The van der Waals surface area contributed by atoms with E-state index in [0.717, 1.165) is 16.9 Å². The molecule has 3 nitrogen and oxygen atoms in total. The molecule has 0 spiro atoms. The van der Waals surface area contributed by atoms with E-state index in [9.17, 15) is 0 Å². The van der Waals surface area contributed by atoms with Gasteiger partial charge in [0.2, 0.25) is 0 Å². The van der Waals surface area contributed by atoms with Crippen molar-refractivity contribution in [1.82, 2.24) is 0 Å². The van der Waals surface area contributed by atoms with E-state index in [1.54, 1.807) is 0 Å². The number of hydrogen-bond acceptors (Lipinski definition) is 3. The predicted octanol–water partition coefficient (Wildman–Crippen LogP) is 2.92. The maximum absolute atomic E-state index is 8.77.